The topological polar surface area (TPSA) is 89.7 Å². The third-order valence-electron chi connectivity index (χ3n) is 8.00. The highest BCUT2D eigenvalue weighted by atomic mass is 35.5. The van der Waals surface area contributed by atoms with E-state index in [0.717, 1.165) is 80.0 Å². The van der Waals surface area contributed by atoms with Crippen molar-refractivity contribution in [2.45, 2.75) is 51.5 Å². The van der Waals surface area contributed by atoms with Gasteiger partial charge in [0.2, 0.25) is 5.88 Å². The van der Waals surface area contributed by atoms with Crippen molar-refractivity contribution in [2.24, 2.45) is 5.92 Å². The van der Waals surface area contributed by atoms with E-state index in [-0.39, 0.29) is 11.7 Å². The minimum Gasteiger partial charge on any atom is -0.478 e. The molecule has 2 aromatic carbocycles. The maximum atomic E-state index is 11.6. The Morgan fingerprint density at radius 3 is 2.61 bits per heavy atom. The number of aromatic carboxylic acids is 1. The number of ether oxygens (including phenoxy) is 2. The number of rotatable bonds is 10. The van der Waals surface area contributed by atoms with Gasteiger partial charge in [0, 0.05) is 34.0 Å². The second kappa shape index (κ2) is 12.4. The molecule has 0 saturated carbocycles. The molecule has 0 unspecified atom stereocenters. The van der Waals surface area contributed by atoms with Crippen LogP contribution in [0.1, 0.15) is 46.7 Å². The molecule has 0 radical (unpaired) electrons. The summed E-state index contributed by atoms with van der Waals surface area (Å²) in [6.07, 6.45) is 4.21. The number of piperidine rings is 1. The number of nitrogens with zero attached hydrogens (tertiary/aromatic N) is 4. The molecule has 4 aromatic rings. The number of pyridine rings is 1. The molecule has 0 amide bonds. The van der Waals surface area contributed by atoms with E-state index in [1.807, 2.05) is 24.3 Å². The highest BCUT2D eigenvalue weighted by Crippen LogP contribution is 2.27. The largest absolute Gasteiger partial charge is 0.478 e. The molecule has 4 heterocycles. The van der Waals surface area contributed by atoms with Gasteiger partial charge in [0.05, 0.1) is 35.8 Å². The lowest BCUT2D eigenvalue weighted by atomic mass is 9.92. The summed E-state index contributed by atoms with van der Waals surface area (Å²) in [4.78, 5) is 23.7. The zero-order valence-corrected chi connectivity index (χ0v) is 24.2. The minimum absolute atomic E-state index is 0.154. The maximum Gasteiger partial charge on any atom is 0.335 e. The predicted molar refractivity (Wildman–Crippen MR) is 158 cm³/mol. The molecule has 1 N–H and O–H groups in total. The molecule has 214 valence electrons. The van der Waals surface area contributed by atoms with Crippen LogP contribution >= 0.6 is 23.2 Å². The Bertz CT molecular complexity index is 1550. The maximum absolute atomic E-state index is 11.6. The van der Waals surface area contributed by atoms with Gasteiger partial charge < -0.3 is 19.1 Å². The van der Waals surface area contributed by atoms with E-state index < -0.39 is 5.97 Å². The van der Waals surface area contributed by atoms with Crippen LogP contribution in [0.2, 0.25) is 10.0 Å². The number of benzene rings is 2. The summed E-state index contributed by atoms with van der Waals surface area (Å²) in [6.45, 7) is 4.48. The summed E-state index contributed by atoms with van der Waals surface area (Å²) >= 11 is 12.3. The number of carboxylic acids is 1. The molecule has 2 aliphatic rings. The van der Waals surface area contributed by atoms with Gasteiger partial charge in [-0.1, -0.05) is 35.3 Å². The first-order valence-electron chi connectivity index (χ1n) is 14.0. The van der Waals surface area contributed by atoms with Crippen LogP contribution in [0.4, 0.5) is 0 Å². The second-order valence-electron chi connectivity index (χ2n) is 10.8. The van der Waals surface area contributed by atoms with Gasteiger partial charge in [-0.15, -0.1) is 0 Å². The van der Waals surface area contributed by atoms with Gasteiger partial charge in [-0.25, -0.2) is 14.8 Å². The van der Waals surface area contributed by atoms with Crippen molar-refractivity contribution in [3.63, 3.8) is 0 Å². The number of imidazole rings is 1. The first-order valence-corrected chi connectivity index (χ1v) is 14.8. The van der Waals surface area contributed by atoms with E-state index in [2.05, 4.69) is 15.5 Å². The molecular formula is C31H32Cl2N4O4. The molecule has 2 saturated heterocycles. The molecule has 1 atom stereocenters. The zero-order valence-electron chi connectivity index (χ0n) is 22.6. The van der Waals surface area contributed by atoms with E-state index in [1.165, 1.54) is 0 Å². The number of fused-ring (bicyclic) bond motifs is 1. The monoisotopic (exact) mass is 594 g/mol. The SMILES string of the molecule is O=C(O)c1ccc2nc(CN3CCC(Cc4cccc(OCc5ccc(Cl)cc5Cl)n4)CC3)n(C[C@@H]3CCO3)c2c1. The van der Waals surface area contributed by atoms with Crippen LogP contribution in [-0.4, -0.2) is 56.3 Å². The number of likely N-dealkylation sites (tertiary alicyclic amines) is 1. The molecule has 0 aliphatic carbocycles. The van der Waals surface area contributed by atoms with Crippen LogP contribution in [0, 0.1) is 5.92 Å². The van der Waals surface area contributed by atoms with Gasteiger partial charge >= 0.3 is 5.97 Å². The third kappa shape index (κ3) is 6.67. The van der Waals surface area contributed by atoms with Crippen molar-refractivity contribution in [2.75, 3.05) is 19.7 Å². The third-order valence-corrected chi connectivity index (χ3v) is 8.58. The Kier molecular flexibility index (Phi) is 8.44. The highest BCUT2D eigenvalue weighted by Gasteiger charge is 2.25. The number of hydrogen-bond donors (Lipinski definition) is 1. The zero-order chi connectivity index (χ0) is 28.3. The number of carbonyl (C=O) groups is 1. The van der Waals surface area contributed by atoms with Crippen LogP contribution in [0.5, 0.6) is 5.88 Å². The standard InChI is InChI=1S/C31H32Cl2N4O4/c32-23-6-4-22(26(33)16-23)19-41-30-3-1-2-24(34-30)14-20-8-11-36(12-9-20)18-29-35-27-7-5-21(31(38)39)15-28(27)37(29)17-25-10-13-40-25/h1-7,15-16,20,25H,8-14,17-19H2,(H,38,39)/t25-/m0/s1. The Balaban J connectivity index is 1.06. The summed E-state index contributed by atoms with van der Waals surface area (Å²) in [5.41, 5.74) is 3.85. The molecule has 41 heavy (non-hydrogen) atoms. The number of halogens is 2. The van der Waals surface area contributed by atoms with E-state index in [1.54, 1.807) is 24.3 Å². The summed E-state index contributed by atoms with van der Waals surface area (Å²) in [5.74, 6) is 1.16. The molecule has 8 nitrogen and oxygen atoms in total. The van der Waals surface area contributed by atoms with Crippen molar-refractivity contribution in [3.05, 3.63) is 87.3 Å². The van der Waals surface area contributed by atoms with Crippen molar-refractivity contribution in [1.29, 1.82) is 0 Å². The lowest BCUT2D eigenvalue weighted by Gasteiger charge is -2.32. The van der Waals surface area contributed by atoms with E-state index in [0.29, 0.717) is 35.0 Å². The van der Waals surface area contributed by atoms with Gasteiger partial charge in [0.1, 0.15) is 12.4 Å². The second-order valence-corrected chi connectivity index (χ2v) is 11.7. The fourth-order valence-corrected chi connectivity index (χ4v) is 6.01. The summed E-state index contributed by atoms with van der Waals surface area (Å²) < 4.78 is 13.8. The smallest absolute Gasteiger partial charge is 0.335 e. The average molecular weight is 596 g/mol. The van der Waals surface area contributed by atoms with Crippen LogP contribution in [-0.2, 0) is 30.9 Å². The normalized spacial score (nSPS) is 18.0. The molecule has 6 rings (SSSR count). The Morgan fingerprint density at radius 2 is 1.88 bits per heavy atom. The van der Waals surface area contributed by atoms with Crippen molar-refractivity contribution in [3.8, 4) is 5.88 Å². The van der Waals surface area contributed by atoms with Gasteiger partial charge in [-0.3, -0.25) is 4.90 Å². The Morgan fingerprint density at radius 1 is 1.05 bits per heavy atom. The molecule has 2 aliphatic heterocycles. The lowest BCUT2D eigenvalue weighted by molar-refractivity contribution is -0.0592. The molecule has 10 heteroatoms. The fourth-order valence-electron chi connectivity index (χ4n) is 5.55. The quantitative estimate of drug-likeness (QED) is 0.232. The van der Waals surface area contributed by atoms with Crippen LogP contribution in [0.15, 0.2) is 54.6 Å². The molecular weight excluding hydrogens is 563 g/mol. The molecule has 2 aromatic heterocycles. The summed E-state index contributed by atoms with van der Waals surface area (Å²) in [6, 6.07) is 16.5. The number of carboxylic acid groups (broad SMARTS) is 1. The first kappa shape index (κ1) is 28.0. The summed E-state index contributed by atoms with van der Waals surface area (Å²) in [7, 11) is 0. The van der Waals surface area contributed by atoms with Crippen LogP contribution < -0.4 is 4.74 Å². The molecule has 2 fully saturated rings. The minimum atomic E-state index is -0.930. The van der Waals surface area contributed by atoms with Gasteiger partial charge in [0.25, 0.3) is 0 Å². The first-order chi connectivity index (χ1) is 19.9. The highest BCUT2D eigenvalue weighted by molar-refractivity contribution is 6.35. The van der Waals surface area contributed by atoms with E-state index >= 15 is 0 Å². The lowest BCUT2D eigenvalue weighted by Crippen LogP contribution is -2.36. The summed E-state index contributed by atoms with van der Waals surface area (Å²) in [5, 5.41) is 10.7. The Labute approximate surface area is 248 Å². The van der Waals surface area contributed by atoms with Gasteiger partial charge in [0.15, 0.2) is 0 Å². The van der Waals surface area contributed by atoms with Crippen molar-refractivity contribution >= 4 is 40.2 Å². The average Bonchev–Trinajstić information content (AvgIpc) is 3.27. The molecule has 0 spiro atoms. The number of aromatic nitrogens is 3. The Hall–Kier alpha value is -3.17. The molecule has 0 bridgehead atoms. The van der Waals surface area contributed by atoms with Gasteiger partial charge in [-0.05, 0) is 81.1 Å². The van der Waals surface area contributed by atoms with Gasteiger partial charge in [-0.2, -0.15) is 0 Å². The fraction of sp³-hybridized carbons (Fsp3) is 0.387. The van der Waals surface area contributed by atoms with Crippen molar-refractivity contribution < 1.29 is 19.4 Å². The van der Waals surface area contributed by atoms with Crippen LogP contribution in [0.25, 0.3) is 11.0 Å². The van der Waals surface area contributed by atoms with E-state index in [9.17, 15) is 9.90 Å². The van der Waals surface area contributed by atoms with Crippen LogP contribution in [0.3, 0.4) is 0 Å². The van der Waals surface area contributed by atoms with Crippen molar-refractivity contribution in [1.82, 2.24) is 19.4 Å². The number of hydrogen-bond acceptors (Lipinski definition) is 6. The predicted octanol–water partition coefficient (Wildman–Crippen LogP) is 6.26. The van der Waals surface area contributed by atoms with E-state index in [4.69, 9.17) is 42.6 Å².